The second kappa shape index (κ2) is 7.43. The SMILES string of the molecule is O=C(NCCCn1ncccc1=O)c1cc2cc(Br)ccc2oc1=O. The van der Waals surface area contributed by atoms with Gasteiger partial charge < -0.3 is 9.73 Å². The van der Waals surface area contributed by atoms with Gasteiger partial charge in [0.25, 0.3) is 11.5 Å². The molecule has 0 unspecified atom stereocenters. The normalized spacial score (nSPS) is 10.8. The molecular weight excluding hydrogens is 390 g/mol. The van der Waals surface area contributed by atoms with E-state index < -0.39 is 11.5 Å². The van der Waals surface area contributed by atoms with Gasteiger partial charge in [0.1, 0.15) is 11.1 Å². The van der Waals surface area contributed by atoms with Gasteiger partial charge in [-0.2, -0.15) is 5.10 Å². The monoisotopic (exact) mass is 403 g/mol. The highest BCUT2D eigenvalue weighted by molar-refractivity contribution is 9.10. The van der Waals surface area contributed by atoms with Crippen LogP contribution in [0.1, 0.15) is 16.8 Å². The van der Waals surface area contributed by atoms with Gasteiger partial charge in [0, 0.05) is 35.2 Å². The summed E-state index contributed by atoms with van der Waals surface area (Å²) in [4.78, 5) is 35.7. The van der Waals surface area contributed by atoms with Gasteiger partial charge in [-0.25, -0.2) is 9.48 Å². The van der Waals surface area contributed by atoms with Crippen molar-refractivity contribution in [1.82, 2.24) is 15.1 Å². The highest BCUT2D eigenvalue weighted by Crippen LogP contribution is 2.19. The van der Waals surface area contributed by atoms with Crippen LogP contribution in [0.4, 0.5) is 0 Å². The zero-order valence-electron chi connectivity index (χ0n) is 13.1. The Hall–Kier alpha value is -2.74. The Labute approximate surface area is 150 Å². The number of hydrogen-bond acceptors (Lipinski definition) is 5. The molecule has 0 radical (unpaired) electrons. The molecule has 8 heteroatoms. The molecule has 3 rings (SSSR count). The Kier molecular flexibility index (Phi) is 5.08. The minimum Gasteiger partial charge on any atom is -0.422 e. The van der Waals surface area contributed by atoms with Gasteiger partial charge in [-0.3, -0.25) is 9.59 Å². The number of carbonyl (C=O) groups excluding carboxylic acids is 1. The summed E-state index contributed by atoms with van der Waals surface area (Å²) in [6.07, 6.45) is 2.03. The highest BCUT2D eigenvalue weighted by Gasteiger charge is 2.13. The first kappa shape index (κ1) is 17.1. The topological polar surface area (TPSA) is 94.2 Å². The smallest absolute Gasteiger partial charge is 0.349 e. The number of hydrogen-bond donors (Lipinski definition) is 1. The summed E-state index contributed by atoms with van der Waals surface area (Å²) in [6.45, 7) is 0.678. The third-order valence-corrected chi connectivity index (χ3v) is 4.05. The average molecular weight is 404 g/mol. The molecule has 0 aliphatic carbocycles. The van der Waals surface area contributed by atoms with E-state index >= 15 is 0 Å². The first-order valence-corrected chi connectivity index (χ1v) is 8.37. The largest absolute Gasteiger partial charge is 0.422 e. The molecule has 0 spiro atoms. The summed E-state index contributed by atoms with van der Waals surface area (Å²) >= 11 is 3.34. The molecule has 0 fully saturated rings. The lowest BCUT2D eigenvalue weighted by Gasteiger charge is -2.06. The fourth-order valence-corrected chi connectivity index (χ4v) is 2.71. The van der Waals surface area contributed by atoms with Crippen molar-refractivity contribution < 1.29 is 9.21 Å². The number of nitrogens with one attached hydrogen (secondary N) is 1. The number of fused-ring (bicyclic) bond motifs is 1. The zero-order valence-corrected chi connectivity index (χ0v) is 14.7. The van der Waals surface area contributed by atoms with E-state index in [1.54, 1.807) is 24.3 Å². The number of amides is 1. The number of aryl methyl sites for hydroxylation is 1. The number of benzene rings is 1. The van der Waals surface area contributed by atoms with Gasteiger partial charge in [-0.05, 0) is 36.8 Å². The van der Waals surface area contributed by atoms with Crippen LogP contribution in [0.25, 0.3) is 11.0 Å². The maximum Gasteiger partial charge on any atom is 0.349 e. The van der Waals surface area contributed by atoms with Crippen molar-refractivity contribution in [2.45, 2.75) is 13.0 Å². The molecule has 0 atom stereocenters. The van der Waals surface area contributed by atoms with E-state index in [0.29, 0.717) is 30.5 Å². The van der Waals surface area contributed by atoms with E-state index in [1.807, 2.05) is 0 Å². The lowest BCUT2D eigenvalue weighted by atomic mass is 10.2. The lowest BCUT2D eigenvalue weighted by molar-refractivity contribution is 0.0949. The van der Waals surface area contributed by atoms with E-state index in [2.05, 4.69) is 26.3 Å². The standard InChI is InChI=1S/C17H14BrN3O4/c18-12-4-5-14-11(9-12)10-13(17(24)25-14)16(23)19-6-2-8-21-15(22)3-1-7-20-21/h1,3-5,7,9-10H,2,6,8H2,(H,19,23). The number of aromatic nitrogens is 2. The van der Waals surface area contributed by atoms with Crippen LogP contribution in [0.15, 0.2) is 61.1 Å². The third-order valence-electron chi connectivity index (χ3n) is 3.56. The van der Waals surface area contributed by atoms with E-state index in [9.17, 15) is 14.4 Å². The van der Waals surface area contributed by atoms with Crippen molar-refractivity contribution in [1.29, 1.82) is 0 Å². The quantitative estimate of drug-likeness (QED) is 0.518. The van der Waals surface area contributed by atoms with Crippen LogP contribution >= 0.6 is 15.9 Å². The van der Waals surface area contributed by atoms with Gasteiger partial charge in [0.2, 0.25) is 0 Å². The predicted octanol–water partition coefficient (Wildman–Crippen LogP) is 1.93. The van der Waals surface area contributed by atoms with Crippen molar-refractivity contribution in [2.24, 2.45) is 0 Å². The lowest BCUT2D eigenvalue weighted by Crippen LogP contribution is -2.30. The van der Waals surface area contributed by atoms with Crippen molar-refractivity contribution in [2.75, 3.05) is 6.54 Å². The molecule has 25 heavy (non-hydrogen) atoms. The Morgan fingerprint density at radius 3 is 2.88 bits per heavy atom. The van der Waals surface area contributed by atoms with Gasteiger partial charge in [0.05, 0.1) is 0 Å². The highest BCUT2D eigenvalue weighted by atomic mass is 79.9. The number of carbonyl (C=O) groups is 1. The van der Waals surface area contributed by atoms with Crippen molar-refractivity contribution >= 4 is 32.8 Å². The number of nitrogens with zero attached hydrogens (tertiary/aromatic N) is 2. The second-order valence-electron chi connectivity index (χ2n) is 5.32. The minimum atomic E-state index is -0.687. The van der Waals surface area contributed by atoms with E-state index in [0.717, 1.165) is 4.47 Å². The Bertz CT molecular complexity index is 1040. The summed E-state index contributed by atoms with van der Waals surface area (Å²) < 4.78 is 7.30. The van der Waals surface area contributed by atoms with Crippen LogP contribution < -0.4 is 16.5 Å². The molecule has 1 N–H and O–H groups in total. The Morgan fingerprint density at radius 2 is 2.08 bits per heavy atom. The van der Waals surface area contributed by atoms with Crippen LogP contribution in [0, 0.1) is 0 Å². The maximum absolute atomic E-state index is 12.2. The average Bonchev–Trinajstić information content (AvgIpc) is 2.59. The van der Waals surface area contributed by atoms with Crippen LogP contribution in [0.3, 0.4) is 0 Å². The van der Waals surface area contributed by atoms with Crippen molar-refractivity contribution in [3.05, 3.63) is 73.4 Å². The summed E-state index contributed by atoms with van der Waals surface area (Å²) in [5, 5.41) is 7.24. The fourth-order valence-electron chi connectivity index (χ4n) is 2.33. The summed E-state index contributed by atoms with van der Waals surface area (Å²) in [5.41, 5.74) is -0.525. The minimum absolute atomic E-state index is 0.0550. The predicted molar refractivity (Wildman–Crippen MR) is 95.6 cm³/mol. The molecule has 0 aliphatic heterocycles. The van der Waals surface area contributed by atoms with E-state index in [4.69, 9.17) is 4.42 Å². The maximum atomic E-state index is 12.2. The molecule has 3 aromatic rings. The van der Waals surface area contributed by atoms with Crippen LogP contribution in [0.5, 0.6) is 0 Å². The Balaban J connectivity index is 1.66. The molecule has 0 saturated heterocycles. The molecule has 0 bridgehead atoms. The molecular formula is C17H14BrN3O4. The third kappa shape index (κ3) is 4.03. The van der Waals surface area contributed by atoms with Gasteiger partial charge in [-0.1, -0.05) is 15.9 Å². The van der Waals surface area contributed by atoms with Gasteiger partial charge in [-0.15, -0.1) is 0 Å². The van der Waals surface area contributed by atoms with E-state index in [1.165, 1.54) is 23.0 Å². The molecule has 128 valence electrons. The van der Waals surface area contributed by atoms with Crippen molar-refractivity contribution in [3.8, 4) is 0 Å². The second-order valence-corrected chi connectivity index (χ2v) is 6.24. The fraction of sp³-hybridized carbons (Fsp3) is 0.176. The molecule has 1 aromatic carbocycles. The molecule has 0 saturated carbocycles. The molecule has 2 aromatic heterocycles. The first-order valence-electron chi connectivity index (χ1n) is 7.58. The van der Waals surface area contributed by atoms with Crippen LogP contribution in [-0.2, 0) is 6.54 Å². The zero-order chi connectivity index (χ0) is 17.8. The first-order chi connectivity index (χ1) is 12.0. The van der Waals surface area contributed by atoms with Crippen molar-refractivity contribution in [3.63, 3.8) is 0 Å². The molecule has 0 aliphatic rings. The molecule has 2 heterocycles. The van der Waals surface area contributed by atoms with E-state index in [-0.39, 0.29) is 11.1 Å². The van der Waals surface area contributed by atoms with Crippen LogP contribution in [0.2, 0.25) is 0 Å². The number of halogens is 1. The van der Waals surface area contributed by atoms with Crippen LogP contribution in [-0.4, -0.2) is 22.2 Å². The summed E-state index contributed by atoms with van der Waals surface area (Å²) in [7, 11) is 0. The molecule has 7 nitrogen and oxygen atoms in total. The summed E-state index contributed by atoms with van der Waals surface area (Å²) in [5.74, 6) is -0.510. The number of rotatable bonds is 5. The molecule has 1 amide bonds. The van der Waals surface area contributed by atoms with Gasteiger partial charge in [0.15, 0.2) is 0 Å². The Morgan fingerprint density at radius 1 is 1.24 bits per heavy atom. The van der Waals surface area contributed by atoms with Gasteiger partial charge >= 0.3 is 5.63 Å². The summed E-state index contributed by atoms with van der Waals surface area (Å²) in [6, 6.07) is 9.67.